The van der Waals surface area contributed by atoms with Gasteiger partial charge in [0.15, 0.2) is 18.1 Å². The number of nitrogens with one attached hydrogen (secondary N) is 2. The fraction of sp³-hybridized carbons (Fsp3) is 0.276. The van der Waals surface area contributed by atoms with E-state index in [1.165, 1.54) is 17.3 Å². The summed E-state index contributed by atoms with van der Waals surface area (Å²) in [6.07, 6.45) is 3.53. The number of aliphatic carboxylic acids is 1. The number of hydrogen-bond donors (Lipinski definition) is 4. The SMILES string of the molecule is CC(=O)O.CCOc1cc(C(Cc2ccc(C(=N)N)cc2)c2nn(-c3ncccn3)c(=O)[nH]2)ccc1OCC(=O)N(C)C. The van der Waals surface area contributed by atoms with Crippen molar-refractivity contribution in [2.45, 2.75) is 26.2 Å². The topological polar surface area (TPSA) is 202 Å². The van der Waals surface area contributed by atoms with Gasteiger partial charge in [-0.15, -0.1) is 9.78 Å². The van der Waals surface area contributed by atoms with Crippen LogP contribution in [0.4, 0.5) is 0 Å². The van der Waals surface area contributed by atoms with E-state index in [1.54, 1.807) is 38.4 Å². The van der Waals surface area contributed by atoms with Gasteiger partial charge in [-0.1, -0.05) is 30.3 Å². The molecule has 0 bridgehead atoms. The zero-order valence-corrected chi connectivity index (χ0v) is 24.3. The monoisotopic (exact) mass is 590 g/mol. The smallest absolute Gasteiger partial charge is 0.350 e. The van der Waals surface area contributed by atoms with E-state index < -0.39 is 17.6 Å². The highest BCUT2D eigenvalue weighted by molar-refractivity contribution is 5.94. The van der Waals surface area contributed by atoms with Crippen molar-refractivity contribution in [3.05, 3.63) is 93.9 Å². The predicted octanol–water partition coefficient (Wildman–Crippen LogP) is 1.97. The van der Waals surface area contributed by atoms with Gasteiger partial charge in [-0.3, -0.25) is 20.0 Å². The average molecular weight is 591 g/mol. The largest absolute Gasteiger partial charge is 0.490 e. The molecule has 0 spiro atoms. The maximum Gasteiger partial charge on any atom is 0.350 e. The first-order valence-electron chi connectivity index (χ1n) is 13.2. The van der Waals surface area contributed by atoms with Crippen LogP contribution in [0.2, 0.25) is 0 Å². The number of amidine groups is 1. The number of likely N-dealkylation sites (N-methyl/N-ethyl adjacent to an activating group) is 1. The number of nitrogens with zero attached hydrogens (tertiary/aromatic N) is 5. The minimum absolute atomic E-state index is 0.0197. The third-order valence-corrected chi connectivity index (χ3v) is 5.93. The highest BCUT2D eigenvalue weighted by Gasteiger charge is 2.23. The molecule has 14 nitrogen and oxygen atoms in total. The second kappa shape index (κ2) is 14.9. The molecule has 5 N–H and O–H groups in total. The zero-order chi connectivity index (χ0) is 31.5. The molecule has 0 radical (unpaired) electrons. The molecule has 0 aliphatic heterocycles. The van der Waals surface area contributed by atoms with Gasteiger partial charge in [-0.05, 0) is 42.7 Å². The summed E-state index contributed by atoms with van der Waals surface area (Å²) < 4.78 is 12.7. The van der Waals surface area contributed by atoms with Gasteiger partial charge in [0.25, 0.3) is 17.8 Å². The molecular weight excluding hydrogens is 556 g/mol. The number of aromatic nitrogens is 5. The Kier molecular flexibility index (Phi) is 11.1. The number of benzene rings is 2. The van der Waals surface area contributed by atoms with Crippen LogP contribution in [0.3, 0.4) is 0 Å². The zero-order valence-electron chi connectivity index (χ0n) is 24.3. The van der Waals surface area contributed by atoms with E-state index in [4.69, 9.17) is 30.5 Å². The predicted molar refractivity (Wildman–Crippen MR) is 158 cm³/mol. The van der Waals surface area contributed by atoms with Crippen molar-refractivity contribution in [2.75, 3.05) is 27.3 Å². The van der Waals surface area contributed by atoms with Crippen LogP contribution >= 0.6 is 0 Å². The standard InChI is InChI=1S/C27H30N8O4.C2H4O2/c1-4-38-22-15-19(10-11-21(22)39-16-23(36)34(2)3)20(14-17-6-8-18(9-7-17)24(28)29)25-32-27(37)35(33-25)26-30-12-5-13-31-26;1-2(3)4/h5-13,15,20H,4,14,16H2,1-3H3,(H3,28,29)(H,32,33,37);1H3,(H,3,4). The number of H-pyrrole nitrogens is 1. The summed E-state index contributed by atoms with van der Waals surface area (Å²) in [5.74, 6) is 0.0143. The molecule has 0 saturated carbocycles. The van der Waals surface area contributed by atoms with Crippen LogP contribution in [0, 0.1) is 5.41 Å². The van der Waals surface area contributed by atoms with Crippen molar-refractivity contribution in [2.24, 2.45) is 5.73 Å². The van der Waals surface area contributed by atoms with Gasteiger partial charge in [-0.2, -0.15) is 0 Å². The second-order valence-corrected chi connectivity index (χ2v) is 9.38. The number of ether oxygens (including phenoxy) is 2. The molecule has 14 heteroatoms. The maximum atomic E-state index is 12.8. The lowest BCUT2D eigenvalue weighted by Gasteiger charge is -2.19. The summed E-state index contributed by atoms with van der Waals surface area (Å²) >= 11 is 0. The normalized spacial score (nSPS) is 11.1. The Hall–Kier alpha value is -5.53. The third-order valence-electron chi connectivity index (χ3n) is 5.93. The molecule has 43 heavy (non-hydrogen) atoms. The molecule has 1 atom stereocenters. The molecule has 2 aromatic heterocycles. The lowest BCUT2D eigenvalue weighted by Crippen LogP contribution is -2.27. The first-order valence-corrected chi connectivity index (χ1v) is 13.2. The Morgan fingerprint density at radius 3 is 2.33 bits per heavy atom. The lowest BCUT2D eigenvalue weighted by atomic mass is 9.90. The fourth-order valence-corrected chi connectivity index (χ4v) is 3.86. The van der Waals surface area contributed by atoms with E-state index in [-0.39, 0.29) is 24.3 Å². The van der Waals surface area contributed by atoms with E-state index in [0.29, 0.717) is 35.9 Å². The van der Waals surface area contributed by atoms with Gasteiger partial charge in [0.2, 0.25) is 0 Å². The van der Waals surface area contributed by atoms with Gasteiger partial charge in [0.05, 0.1) is 6.61 Å². The van der Waals surface area contributed by atoms with Gasteiger partial charge < -0.3 is 25.2 Å². The molecule has 1 unspecified atom stereocenters. The summed E-state index contributed by atoms with van der Waals surface area (Å²) in [5.41, 5.74) is 7.49. The van der Waals surface area contributed by atoms with E-state index in [2.05, 4.69) is 20.1 Å². The van der Waals surface area contributed by atoms with Gasteiger partial charge >= 0.3 is 5.69 Å². The Morgan fingerprint density at radius 2 is 1.74 bits per heavy atom. The maximum absolute atomic E-state index is 12.8. The summed E-state index contributed by atoms with van der Waals surface area (Å²) in [6.45, 7) is 3.19. The second-order valence-electron chi connectivity index (χ2n) is 9.38. The minimum Gasteiger partial charge on any atom is -0.490 e. The van der Waals surface area contributed by atoms with E-state index in [9.17, 15) is 9.59 Å². The van der Waals surface area contributed by atoms with Crippen LogP contribution in [0.15, 0.2) is 65.7 Å². The summed E-state index contributed by atoms with van der Waals surface area (Å²) in [4.78, 5) is 46.4. The van der Waals surface area contributed by atoms with Crippen LogP contribution in [0.1, 0.15) is 42.3 Å². The van der Waals surface area contributed by atoms with Crippen molar-refractivity contribution in [3.8, 4) is 17.4 Å². The Balaban J connectivity index is 0.00000119. The number of aromatic amines is 1. The number of carboxylic acid groups (broad SMARTS) is 1. The quantitative estimate of drug-likeness (QED) is 0.148. The fourth-order valence-electron chi connectivity index (χ4n) is 3.86. The number of amides is 1. The molecule has 2 aromatic carbocycles. The van der Waals surface area contributed by atoms with Crippen LogP contribution in [-0.2, 0) is 16.0 Å². The first kappa shape index (κ1) is 32.0. The summed E-state index contributed by atoms with van der Waals surface area (Å²) in [7, 11) is 3.32. The molecule has 0 aliphatic rings. The van der Waals surface area contributed by atoms with Crippen molar-refractivity contribution in [1.29, 1.82) is 5.41 Å². The number of nitrogen functional groups attached to an aromatic ring is 1. The minimum atomic E-state index is -0.833. The number of nitrogens with two attached hydrogens (primary N) is 1. The highest BCUT2D eigenvalue weighted by atomic mass is 16.5. The first-order chi connectivity index (χ1) is 20.5. The molecule has 2 heterocycles. The van der Waals surface area contributed by atoms with Crippen molar-refractivity contribution in [3.63, 3.8) is 0 Å². The van der Waals surface area contributed by atoms with Crippen LogP contribution < -0.4 is 20.9 Å². The van der Waals surface area contributed by atoms with E-state index >= 15 is 0 Å². The molecule has 0 aliphatic carbocycles. The number of hydrogen-bond acceptors (Lipinski definition) is 9. The molecule has 1 amide bonds. The third kappa shape index (κ3) is 8.98. The van der Waals surface area contributed by atoms with Gasteiger partial charge in [0.1, 0.15) is 11.7 Å². The van der Waals surface area contributed by atoms with E-state index in [0.717, 1.165) is 22.7 Å². The molecule has 4 aromatic rings. The van der Waals surface area contributed by atoms with Crippen molar-refractivity contribution in [1.82, 2.24) is 29.6 Å². The Labute approximate surface area is 247 Å². The van der Waals surface area contributed by atoms with Gasteiger partial charge in [-0.25, -0.2) is 14.8 Å². The Bertz CT molecular complexity index is 1600. The highest BCUT2D eigenvalue weighted by Crippen LogP contribution is 2.34. The number of carboxylic acids is 1. The van der Waals surface area contributed by atoms with E-state index in [1.807, 2.05) is 31.2 Å². The molecule has 226 valence electrons. The van der Waals surface area contributed by atoms with Crippen molar-refractivity contribution >= 4 is 17.7 Å². The molecular formula is C29H34N8O6. The van der Waals surface area contributed by atoms with Crippen LogP contribution in [0.25, 0.3) is 5.95 Å². The molecule has 0 saturated heterocycles. The number of rotatable bonds is 11. The number of carbonyl (C=O) groups is 2. The lowest BCUT2D eigenvalue weighted by molar-refractivity contribution is -0.134. The molecule has 4 rings (SSSR count). The van der Waals surface area contributed by atoms with Crippen LogP contribution in [0.5, 0.6) is 11.5 Å². The molecule has 0 fully saturated rings. The summed E-state index contributed by atoms with van der Waals surface area (Å²) in [5, 5.41) is 19.6. The van der Waals surface area contributed by atoms with Crippen molar-refractivity contribution < 1.29 is 24.2 Å². The average Bonchev–Trinajstić information content (AvgIpc) is 3.36. The number of carbonyl (C=O) groups excluding carboxylic acids is 1. The Morgan fingerprint density at radius 1 is 1.09 bits per heavy atom. The summed E-state index contributed by atoms with van der Waals surface area (Å²) in [6, 6.07) is 14.4. The van der Waals surface area contributed by atoms with Gasteiger partial charge in [0, 0.05) is 44.9 Å². The van der Waals surface area contributed by atoms with Crippen LogP contribution in [-0.4, -0.2) is 79.8 Å².